The van der Waals surface area contributed by atoms with Crippen molar-refractivity contribution in [1.82, 2.24) is 4.48 Å². The number of hydrogen-bond donors (Lipinski definition) is 0. The molecule has 0 saturated carbocycles. The van der Waals surface area contributed by atoms with Crippen molar-refractivity contribution in [2.45, 2.75) is 65.8 Å². The third-order valence-electron chi connectivity index (χ3n) is 5.62. The van der Waals surface area contributed by atoms with Gasteiger partial charge in [0.1, 0.15) is 12.2 Å². The van der Waals surface area contributed by atoms with Crippen molar-refractivity contribution < 1.29 is 15.4 Å². The van der Waals surface area contributed by atoms with Gasteiger partial charge in [-0.2, -0.15) is 0 Å². The van der Waals surface area contributed by atoms with Crippen LogP contribution in [-0.4, -0.2) is 56.2 Å². The molecule has 0 bridgehead atoms. The summed E-state index contributed by atoms with van der Waals surface area (Å²) in [7, 11) is 6.60. The van der Waals surface area contributed by atoms with E-state index in [1.807, 2.05) is 0 Å². The summed E-state index contributed by atoms with van der Waals surface area (Å²) < 4.78 is 2.19. The first-order valence-electron chi connectivity index (χ1n) is 12.1. The minimum Gasteiger partial charge on any atom is -0.870 e. The predicted octanol–water partition coefficient (Wildman–Crippen LogP) is 6.93. The molecule has 2 rings (SSSR count). The molecule has 32 heavy (non-hydrogen) atoms. The van der Waals surface area contributed by atoms with Crippen molar-refractivity contribution in [2.75, 3.05) is 40.8 Å². The Balaban J connectivity index is 0. The van der Waals surface area contributed by atoms with Crippen LogP contribution in [-0.2, 0) is 6.54 Å². The van der Waals surface area contributed by atoms with E-state index in [0.717, 1.165) is 11.0 Å². The van der Waals surface area contributed by atoms with Gasteiger partial charge in [0.05, 0.1) is 40.8 Å². The summed E-state index contributed by atoms with van der Waals surface area (Å²) >= 11 is 0. The van der Waals surface area contributed by atoms with E-state index >= 15 is 0 Å². The van der Waals surface area contributed by atoms with Crippen molar-refractivity contribution in [3.63, 3.8) is 0 Å². The molecule has 2 aromatic rings. The SMILES string of the molecule is CCCC[N+](CCCC)(CCCC)c1ccccc1.C[N+](C)(C)Cc1ccccc1.[OH-].[OH-]. The fraction of sp³-hybridized carbons (Fsp3) is 0.571. The van der Waals surface area contributed by atoms with Crippen LogP contribution in [0.2, 0.25) is 0 Å². The van der Waals surface area contributed by atoms with Crippen LogP contribution in [0.4, 0.5) is 5.69 Å². The van der Waals surface area contributed by atoms with Crippen LogP contribution in [0.1, 0.15) is 64.9 Å². The van der Waals surface area contributed by atoms with E-state index < -0.39 is 0 Å². The van der Waals surface area contributed by atoms with Gasteiger partial charge in [0, 0.05) is 5.56 Å². The number of para-hydroxylation sites is 1. The van der Waals surface area contributed by atoms with Gasteiger partial charge in [-0.05, 0) is 31.4 Å². The second-order valence-electron chi connectivity index (χ2n) is 9.65. The Hall–Kier alpha value is -1.72. The highest BCUT2D eigenvalue weighted by Crippen LogP contribution is 2.26. The van der Waals surface area contributed by atoms with Gasteiger partial charge < -0.3 is 15.4 Å². The normalized spacial score (nSPS) is 10.9. The van der Waals surface area contributed by atoms with Crippen LogP contribution in [0.15, 0.2) is 60.7 Å². The van der Waals surface area contributed by atoms with Gasteiger partial charge in [-0.1, -0.05) is 88.6 Å². The van der Waals surface area contributed by atoms with E-state index in [-0.39, 0.29) is 11.0 Å². The lowest BCUT2D eigenvalue weighted by Crippen LogP contribution is -2.51. The summed E-state index contributed by atoms with van der Waals surface area (Å²) in [6, 6.07) is 21.8. The lowest BCUT2D eigenvalue weighted by molar-refractivity contribution is -0.884. The Morgan fingerprint density at radius 1 is 0.562 bits per heavy atom. The zero-order chi connectivity index (χ0) is 22.3. The van der Waals surface area contributed by atoms with Crippen molar-refractivity contribution >= 4 is 5.69 Å². The number of quaternary nitrogens is 2. The minimum atomic E-state index is 0. The van der Waals surface area contributed by atoms with Gasteiger partial charge in [-0.3, -0.25) is 4.48 Å². The van der Waals surface area contributed by atoms with Gasteiger partial charge in [0.25, 0.3) is 0 Å². The molecule has 0 atom stereocenters. The molecular formula is C28H50N2O2. The summed E-state index contributed by atoms with van der Waals surface area (Å²) in [6.45, 7) is 11.9. The van der Waals surface area contributed by atoms with Crippen molar-refractivity contribution in [3.8, 4) is 0 Å². The molecule has 0 unspecified atom stereocenters. The first kappa shape index (κ1) is 32.5. The third kappa shape index (κ3) is 13.0. The maximum Gasteiger partial charge on any atom is 0.132 e. The second-order valence-corrected chi connectivity index (χ2v) is 9.65. The van der Waals surface area contributed by atoms with Crippen molar-refractivity contribution in [1.29, 1.82) is 0 Å². The average Bonchev–Trinajstić information content (AvgIpc) is 2.74. The molecule has 0 aliphatic heterocycles. The van der Waals surface area contributed by atoms with E-state index in [2.05, 4.69) is 103 Å². The molecule has 2 aromatic carbocycles. The van der Waals surface area contributed by atoms with E-state index in [0.29, 0.717) is 0 Å². The molecule has 0 amide bonds. The van der Waals surface area contributed by atoms with Gasteiger partial charge in [-0.15, -0.1) is 0 Å². The summed E-state index contributed by atoms with van der Waals surface area (Å²) in [5, 5.41) is 0. The molecule has 0 aromatic heterocycles. The van der Waals surface area contributed by atoms with Crippen LogP contribution in [0.3, 0.4) is 0 Å². The highest BCUT2D eigenvalue weighted by molar-refractivity contribution is 5.42. The van der Waals surface area contributed by atoms with Gasteiger partial charge in [-0.25, -0.2) is 0 Å². The molecule has 0 saturated heterocycles. The highest BCUT2D eigenvalue weighted by Gasteiger charge is 2.28. The lowest BCUT2D eigenvalue weighted by atomic mass is 10.1. The molecule has 0 fully saturated rings. The Morgan fingerprint density at radius 2 is 0.938 bits per heavy atom. The van der Waals surface area contributed by atoms with Crippen LogP contribution in [0.25, 0.3) is 0 Å². The zero-order valence-corrected chi connectivity index (χ0v) is 21.6. The number of nitrogens with zero attached hydrogens (tertiary/aromatic N) is 2. The summed E-state index contributed by atoms with van der Waals surface area (Å²) in [5.41, 5.74) is 2.93. The van der Waals surface area contributed by atoms with Gasteiger partial charge in [0.2, 0.25) is 0 Å². The zero-order valence-electron chi connectivity index (χ0n) is 21.6. The quantitative estimate of drug-likeness (QED) is 0.332. The summed E-state index contributed by atoms with van der Waals surface area (Å²) in [5.74, 6) is 0. The van der Waals surface area contributed by atoms with Gasteiger partial charge >= 0.3 is 0 Å². The largest absolute Gasteiger partial charge is 0.870 e. The Bertz CT molecular complexity index is 632. The highest BCUT2D eigenvalue weighted by atomic mass is 16.0. The van der Waals surface area contributed by atoms with Crippen LogP contribution in [0.5, 0.6) is 0 Å². The predicted molar refractivity (Wildman–Crippen MR) is 140 cm³/mol. The molecule has 4 heteroatoms. The number of benzene rings is 2. The van der Waals surface area contributed by atoms with Gasteiger partial charge in [0.15, 0.2) is 0 Å². The maximum absolute atomic E-state index is 2.33. The molecule has 0 radical (unpaired) electrons. The number of unbranched alkanes of at least 4 members (excludes halogenated alkanes) is 3. The van der Waals surface area contributed by atoms with E-state index in [9.17, 15) is 0 Å². The first-order chi connectivity index (χ1) is 14.4. The molecule has 0 aliphatic carbocycles. The van der Waals surface area contributed by atoms with Crippen LogP contribution >= 0.6 is 0 Å². The molecule has 184 valence electrons. The Labute approximate surface area is 198 Å². The van der Waals surface area contributed by atoms with Crippen molar-refractivity contribution in [2.24, 2.45) is 0 Å². The van der Waals surface area contributed by atoms with E-state index in [1.165, 1.54) is 73.9 Å². The molecule has 0 aliphatic rings. The summed E-state index contributed by atoms with van der Waals surface area (Å²) in [6.07, 6.45) is 7.90. The smallest absolute Gasteiger partial charge is 0.132 e. The fourth-order valence-corrected chi connectivity index (χ4v) is 3.98. The third-order valence-corrected chi connectivity index (χ3v) is 5.62. The first-order valence-corrected chi connectivity index (χ1v) is 12.1. The average molecular weight is 447 g/mol. The minimum absolute atomic E-state index is 0. The monoisotopic (exact) mass is 446 g/mol. The molecule has 0 spiro atoms. The van der Waals surface area contributed by atoms with E-state index in [4.69, 9.17) is 0 Å². The summed E-state index contributed by atoms with van der Waals surface area (Å²) in [4.78, 5) is 0. The lowest BCUT2D eigenvalue weighted by Gasteiger charge is -2.38. The molecule has 2 N–H and O–H groups in total. The number of hydrogen-bond acceptors (Lipinski definition) is 2. The Morgan fingerprint density at radius 3 is 1.28 bits per heavy atom. The standard InChI is InChI=1S/C18H32N.C10H16N.2H2O/c1-4-7-15-19(16-8-5-2,17-9-6-3)18-13-11-10-12-14-18;1-11(2,3)9-10-7-5-4-6-8-10;;/h10-14H,4-9,15-17H2,1-3H3;4-8H,9H2,1-3H3;2*1H2/q2*+1;;/p-2. The van der Waals surface area contributed by atoms with Crippen molar-refractivity contribution in [3.05, 3.63) is 66.2 Å². The topological polar surface area (TPSA) is 60.0 Å². The fourth-order valence-electron chi connectivity index (χ4n) is 3.98. The van der Waals surface area contributed by atoms with Crippen LogP contribution < -0.4 is 4.48 Å². The van der Waals surface area contributed by atoms with E-state index in [1.54, 1.807) is 0 Å². The molecule has 0 heterocycles. The van der Waals surface area contributed by atoms with Crippen LogP contribution in [0, 0.1) is 0 Å². The molecular weight excluding hydrogens is 396 g/mol. The Kier molecular flexibility index (Phi) is 18.0. The number of rotatable bonds is 12. The second kappa shape index (κ2) is 17.8. The molecule has 4 nitrogen and oxygen atoms in total. The maximum atomic E-state index is 2.33.